The number of aromatic nitrogens is 2. The number of amides is 1. The van der Waals surface area contributed by atoms with E-state index in [-0.39, 0.29) is 27.6 Å². The van der Waals surface area contributed by atoms with Crippen molar-refractivity contribution in [3.63, 3.8) is 0 Å². The van der Waals surface area contributed by atoms with Crippen LogP contribution in [0.15, 0.2) is 71.8 Å². The highest BCUT2D eigenvalue weighted by atomic mass is 32.2. The lowest BCUT2D eigenvalue weighted by molar-refractivity contribution is -0.137. The molecule has 4 rings (SSSR count). The van der Waals surface area contributed by atoms with Crippen LogP contribution in [0.5, 0.6) is 0 Å². The van der Waals surface area contributed by atoms with Gasteiger partial charge in [0.25, 0.3) is 0 Å². The molecule has 2 heterocycles. The van der Waals surface area contributed by atoms with Crippen molar-refractivity contribution in [3.8, 4) is 0 Å². The standard InChI is InChI=1S/C26H24F3N3O5S/c1-2-38(36,37)19-7-3-15(4-8-19)23(14-33)32-21-10-5-16(25(30)35)11-17(21)12-22(32)24(34)20-9-6-18(13-31-20)26(27,28)29/h3-13,23-24,33-34H,2,14H2,1H3,(H2,30,35)/t23-,24?/m0/s1. The highest BCUT2D eigenvalue weighted by Gasteiger charge is 2.32. The molecule has 0 spiro atoms. The molecule has 2 atom stereocenters. The van der Waals surface area contributed by atoms with Crippen molar-refractivity contribution in [2.45, 2.75) is 30.1 Å². The van der Waals surface area contributed by atoms with E-state index in [9.17, 15) is 36.6 Å². The second-order valence-corrected chi connectivity index (χ2v) is 10.9. The first-order valence-electron chi connectivity index (χ1n) is 11.5. The SMILES string of the molecule is CCS(=O)(=O)c1ccc([C@H](CO)n2c(C(O)c3ccc(C(F)(F)F)cn3)cc3cc(C(N)=O)ccc32)cc1. The molecule has 0 radical (unpaired) electrons. The van der Waals surface area contributed by atoms with Gasteiger partial charge in [-0.1, -0.05) is 19.1 Å². The Balaban J connectivity index is 1.87. The molecule has 1 amide bonds. The molecule has 1 unspecified atom stereocenters. The number of sulfone groups is 1. The molecule has 0 aliphatic rings. The maximum Gasteiger partial charge on any atom is 0.417 e. The van der Waals surface area contributed by atoms with Crippen LogP contribution in [0.3, 0.4) is 0 Å². The largest absolute Gasteiger partial charge is 0.417 e. The summed E-state index contributed by atoms with van der Waals surface area (Å²) < 4.78 is 65.0. The van der Waals surface area contributed by atoms with Crippen molar-refractivity contribution in [3.05, 3.63) is 94.9 Å². The van der Waals surface area contributed by atoms with Crippen LogP contribution in [-0.4, -0.2) is 46.4 Å². The number of primary amides is 1. The maximum absolute atomic E-state index is 13.0. The Morgan fingerprint density at radius 3 is 2.29 bits per heavy atom. The molecule has 2 aromatic carbocycles. The number of aliphatic hydroxyl groups is 2. The van der Waals surface area contributed by atoms with Crippen LogP contribution < -0.4 is 5.73 Å². The molecule has 0 aliphatic heterocycles. The van der Waals surface area contributed by atoms with Crippen LogP contribution in [0.4, 0.5) is 13.2 Å². The number of aliphatic hydroxyl groups excluding tert-OH is 2. The molecule has 200 valence electrons. The third-order valence-corrected chi connectivity index (χ3v) is 8.07. The number of nitrogens with zero attached hydrogens (tertiary/aromatic N) is 2. The number of hydrogen-bond donors (Lipinski definition) is 3. The van der Waals surface area contributed by atoms with Crippen molar-refractivity contribution < 1.29 is 36.6 Å². The van der Waals surface area contributed by atoms with Gasteiger partial charge in [-0.3, -0.25) is 9.78 Å². The summed E-state index contributed by atoms with van der Waals surface area (Å²) in [5, 5.41) is 22.1. The van der Waals surface area contributed by atoms with Gasteiger partial charge in [-0.15, -0.1) is 0 Å². The van der Waals surface area contributed by atoms with E-state index in [4.69, 9.17) is 5.73 Å². The summed E-state index contributed by atoms with van der Waals surface area (Å²) in [4.78, 5) is 15.6. The van der Waals surface area contributed by atoms with Crippen molar-refractivity contribution >= 4 is 26.6 Å². The summed E-state index contributed by atoms with van der Waals surface area (Å²) in [6.45, 7) is 1.05. The zero-order chi connectivity index (χ0) is 27.8. The zero-order valence-corrected chi connectivity index (χ0v) is 20.9. The number of nitrogens with two attached hydrogens (primary N) is 1. The Labute approximate surface area is 216 Å². The number of hydrogen-bond acceptors (Lipinski definition) is 6. The molecule has 0 aliphatic carbocycles. The van der Waals surface area contributed by atoms with Crippen LogP contribution in [0.2, 0.25) is 0 Å². The van der Waals surface area contributed by atoms with Gasteiger partial charge in [-0.25, -0.2) is 8.42 Å². The van der Waals surface area contributed by atoms with E-state index < -0.39 is 46.2 Å². The second-order valence-electron chi connectivity index (χ2n) is 8.62. The fourth-order valence-corrected chi connectivity index (χ4v) is 5.14. The number of alkyl halides is 3. The molecule has 38 heavy (non-hydrogen) atoms. The lowest BCUT2D eigenvalue weighted by Gasteiger charge is -2.24. The van der Waals surface area contributed by atoms with Crippen LogP contribution in [0.1, 0.15) is 51.9 Å². The predicted molar refractivity (Wildman–Crippen MR) is 133 cm³/mol. The fraction of sp³-hybridized carbons (Fsp3) is 0.231. The van der Waals surface area contributed by atoms with Gasteiger partial charge in [-0.2, -0.15) is 13.2 Å². The molecule has 0 bridgehead atoms. The number of carbonyl (C=O) groups excluding carboxylic acids is 1. The first-order valence-corrected chi connectivity index (χ1v) is 13.1. The van der Waals surface area contributed by atoms with Crippen molar-refractivity contribution in [2.24, 2.45) is 5.73 Å². The van der Waals surface area contributed by atoms with Gasteiger partial charge in [0, 0.05) is 22.7 Å². The van der Waals surface area contributed by atoms with E-state index >= 15 is 0 Å². The second kappa shape index (κ2) is 10.2. The average molecular weight is 548 g/mol. The number of benzene rings is 2. The molecule has 8 nitrogen and oxygen atoms in total. The Morgan fingerprint density at radius 2 is 1.76 bits per heavy atom. The molecule has 0 fully saturated rings. The summed E-state index contributed by atoms with van der Waals surface area (Å²) in [6.07, 6.45) is -5.49. The van der Waals surface area contributed by atoms with Gasteiger partial charge in [0.1, 0.15) is 6.10 Å². The summed E-state index contributed by atoms with van der Waals surface area (Å²) in [5.74, 6) is -0.769. The zero-order valence-electron chi connectivity index (χ0n) is 20.1. The van der Waals surface area contributed by atoms with Crippen molar-refractivity contribution in [1.82, 2.24) is 9.55 Å². The van der Waals surface area contributed by atoms with E-state index in [0.717, 1.165) is 12.1 Å². The summed E-state index contributed by atoms with van der Waals surface area (Å²) in [5.41, 5.74) is 5.72. The normalized spacial score (nSPS) is 13.9. The molecule has 12 heteroatoms. The Hall–Kier alpha value is -3.74. The van der Waals surface area contributed by atoms with E-state index in [1.165, 1.54) is 37.3 Å². The van der Waals surface area contributed by atoms with Crippen molar-refractivity contribution in [2.75, 3.05) is 12.4 Å². The van der Waals surface area contributed by atoms with Crippen molar-refractivity contribution in [1.29, 1.82) is 0 Å². The van der Waals surface area contributed by atoms with Gasteiger partial charge in [0.15, 0.2) is 9.84 Å². The summed E-state index contributed by atoms with van der Waals surface area (Å²) >= 11 is 0. The number of halogens is 3. The van der Waals surface area contributed by atoms with E-state index in [2.05, 4.69) is 4.98 Å². The van der Waals surface area contributed by atoms with Gasteiger partial charge >= 0.3 is 6.18 Å². The first kappa shape index (κ1) is 27.3. The number of carbonyl (C=O) groups is 1. The molecule has 4 N–H and O–H groups in total. The molecule has 0 saturated carbocycles. The molecular formula is C26H24F3N3O5S. The predicted octanol–water partition coefficient (Wildman–Crippen LogP) is 3.61. The maximum atomic E-state index is 13.0. The average Bonchev–Trinajstić information content (AvgIpc) is 3.27. The molecular weight excluding hydrogens is 523 g/mol. The minimum absolute atomic E-state index is 0.0711. The summed E-state index contributed by atoms with van der Waals surface area (Å²) in [7, 11) is -3.46. The van der Waals surface area contributed by atoms with Crippen LogP contribution in [0, 0.1) is 0 Å². The number of pyridine rings is 1. The van der Waals surface area contributed by atoms with E-state index in [1.807, 2.05) is 0 Å². The van der Waals surface area contributed by atoms with E-state index in [0.29, 0.717) is 22.7 Å². The Morgan fingerprint density at radius 1 is 1.08 bits per heavy atom. The highest BCUT2D eigenvalue weighted by molar-refractivity contribution is 7.91. The van der Waals surface area contributed by atoms with Crippen LogP contribution in [-0.2, 0) is 16.0 Å². The minimum atomic E-state index is -4.60. The number of fused-ring (bicyclic) bond motifs is 1. The Bertz CT molecular complexity index is 1580. The molecule has 2 aromatic heterocycles. The third kappa shape index (κ3) is 5.15. The van der Waals surface area contributed by atoms with Gasteiger partial charge < -0.3 is 20.5 Å². The quantitative estimate of drug-likeness (QED) is 0.308. The highest BCUT2D eigenvalue weighted by Crippen LogP contribution is 2.35. The van der Waals surface area contributed by atoms with Gasteiger partial charge in [0.2, 0.25) is 5.91 Å². The lowest BCUT2D eigenvalue weighted by Crippen LogP contribution is -2.20. The third-order valence-electron chi connectivity index (χ3n) is 6.32. The lowest BCUT2D eigenvalue weighted by atomic mass is 10.1. The van der Waals surface area contributed by atoms with Crippen LogP contribution >= 0.6 is 0 Å². The summed E-state index contributed by atoms with van der Waals surface area (Å²) in [6, 6.07) is 13.0. The van der Waals surface area contributed by atoms with Gasteiger partial charge in [-0.05, 0) is 54.1 Å². The smallest absolute Gasteiger partial charge is 0.394 e. The first-order chi connectivity index (χ1) is 17.9. The molecule has 4 aromatic rings. The van der Waals surface area contributed by atoms with E-state index in [1.54, 1.807) is 22.8 Å². The fourth-order valence-electron chi connectivity index (χ4n) is 4.26. The molecule has 0 saturated heterocycles. The monoisotopic (exact) mass is 547 g/mol. The topological polar surface area (TPSA) is 136 Å². The number of rotatable bonds is 8. The minimum Gasteiger partial charge on any atom is -0.394 e. The Kier molecular flexibility index (Phi) is 7.33. The van der Waals surface area contributed by atoms with Gasteiger partial charge in [0.05, 0.1) is 40.2 Å². The van der Waals surface area contributed by atoms with Crippen LogP contribution in [0.25, 0.3) is 10.9 Å².